The van der Waals surface area contributed by atoms with Gasteiger partial charge in [-0.05, 0) is 29.7 Å². The first-order valence-electron chi connectivity index (χ1n) is 4.96. The van der Waals surface area contributed by atoms with E-state index in [9.17, 15) is 0 Å². The first-order chi connectivity index (χ1) is 6.74. The molecule has 0 aliphatic heterocycles. The van der Waals surface area contributed by atoms with E-state index in [1.807, 2.05) is 21.6 Å². The van der Waals surface area contributed by atoms with Crippen LogP contribution in [0.15, 0.2) is 24.3 Å². The van der Waals surface area contributed by atoms with Gasteiger partial charge in [-0.25, -0.2) is 0 Å². The lowest BCUT2D eigenvalue weighted by Gasteiger charge is -2.10. The molecule has 0 atom stereocenters. The Bertz CT molecular complexity index is 269. The maximum atomic E-state index is 2.28. The summed E-state index contributed by atoms with van der Waals surface area (Å²) in [6, 6.07) is 8.79. The molecule has 2 heteroatoms. The van der Waals surface area contributed by atoms with Crippen LogP contribution in [0.1, 0.15) is 25.0 Å². The first kappa shape index (κ1) is 12.0. The van der Waals surface area contributed by atoms with Gasteiger partial charge in [0.15, 0.2) is 0 Å². The van der Waals surface area contributed by atoms with Crippen LogP contribution in [-0.4, -0.2) is 6.26 Å². The Morgan fingerprint density at radius 3 is 2.36 bits per heavy atom. The zero-order valence-corrected chi connectivity index (χ0v) is 10.8. The highest BCUT2D eigenvalue weighted by atomic mass is 33.1. The second-order valence-corrected chi connectivity index (χ2v) is 6.36. The molecule has 0 aliphatic carbocycles. The lowest BCUT2D eigenvalue weighted by atomic mass is 9.99. The predicted molar refractivity (Wildman–Crippen MR) is 69.8 cm³/mol. The van der Waals surface area contributed by atoms with Gasteiger partial charge >= 0.3 is 0 Å². The Balaban J connectivity index is 2.69. The molecular formula is C12H18S2. The average molecular weight is 226 g/mol. The van der Waals surface area contributed by atoms with E-state index in [2.05, 4.69) is 44.4 Å². The van der Waals surface area contributed by atoms with Gasteiger partial charge in [0.1, 0.15) is 0 Å². The molecule has 1 aromatic carbocycles. The third-order valence-electron chi connectivity index (χ3n) is 2.08. The van der Waals surface area contributed by atoms with E-state index in [-0.39, 0.29) is 0 Å². The van der Waals surface area contributed by atoms with Crippen molar-refractivity contribution >= 4 is 21.6 Å². The Morgan fingerprint density at radius 2 is 1.79 bits per heavy atom. The molecule has 0 radical (unpaired) electrons. The lowest BCUT2D eigenvalue weighted by Crippen LogP contribution is -1.97. The van der Waals surface area contributed by atoms with Crippen molar-refractivity contribution in [1.82, 2.24) is 0 Å². The molecule has 14 heavy (non-hydrogen) atoms. The van der Waals surface area contributed by atoms with Gasteiger partial charge < -0.3 is 0 Å². The van der Waals surface area contributed by atoms with Crippen LogP contribution < -0.4 is 0 Å². The van der Waals surface area contributed by atoms with Crippen molar-refractivity contribution in [3.63, 3.8) is 0 Å². The van der Waals surface area contributed by atoms with E-state index >= 15 is 0 Å². The van der Waals surface area contributed by atoms with E-state index < -0.39 is 0 Å². The summed E-state index contributed by atoms with van der Waals surface area (Å²) in [5.74, 6) is 1.87. The van der Waals surface area contributed by atoms with Crippen LogP contribution >= 0.6 is 21.6 Å². The van der Waals surface area contributed by atoms with Gasteiger partial charge in [0.25, 0.3) is 0 Å². The molecule has 0 fully saturated rings. The molecular weight excluding hydrogens is 208 g/mol. The molecule has 1 aromatic rings. The van der Waals surface area contributed by atoms with Crippen LogP contribution in [0.2, 0.25) is 0 Å². The van der Waals surface area contributed by atoms with Crippen LogP contribution in [0.5, 0.6) is 0 Å². The quantitative estimate of drug-likeness (QED) is 0.683. The van der Waals surface area contributed by atoms with Gasteiger partial charge in [-0.15, -0.1) is 0 Å². The van der Waals surface area contributed by atoms with Crippen molar-refractivity contribution < 1.29 is 0 Å². The normalized spacial score (nSPS) is 10.9. The van der Waals surface area contributed by atoms with Crippen LogP contribution in [0, 0.1) is 5.92 Å². The van der Waals surface area contributed by atoms with Gasteiger partial charge in [0.2, 0.25) is 0 Å². The van der Waals surface area contributed by atoms with E-state index in [1.54, 1.807) is 0 Å². The van der Waals surface area contributed by atoms with Gasteiger partial charge in [0, 0.05) is 5.75 Å². The predicted octanol–water partition coefficient (Wildman–Crippen LogP) is 4.40. The third-order valence-corrected chi connectivity index (χ3v) is 3.80. The maximum absolute atomic E-state index is 2.28. The zero-order valence-electron chi connectivity index (χ0n) is 9.12. The Hall–Kier alpha value is -0.0800. The van der Waals surface area contributed by atoms with Gasteiger partial charge in [0.05, 0.1) is 0 Å². The lowest BCUT2D eigenvalue weighted by molar-refractivity contribution is 0.644. The van der Waals surface area contributed by atoms with Crippen LogP contribution in [0.3, 0.4) is 0 Å². The number of benzene rings is 1. The third kappa shape index (κ3) is 3.97. The molecule has 0 aromatic heterocycles. The molecule has 0 N–H and O–H groups in total. The Labute approximate surface area is 95.3 Å². The monoisotopic (exact) mass is 226 g/mol. The summed E-state index contributed by atoms with van der Waals surface area (Å²) in [5, 5.41) is 0. The van der Waals surface area contributed by atoms with Crippen molar-refractivity contribution in [3.8, 4) is 0 Å². The van der Waals surface area contributed by atoms with Crippen molar-refractivity contribution in [2.24, 2.45) is 5.92 Å². The van der Waals surface area contributed by atoms with E-state index in [4.69, 9.17) is 0 Å². The summed E-state index contributed by atoms with van der Waals surface area (Å²) >= 11 is 0. The Morgan fingerprint density at radius 1 is 1.14 bits per heavy atom. The highest BCUT2D eigenvalue weighted by molar-refractivity contribution is 8.76. The minimum atomic E-state index is 0.746. The van der Waals surface area contributed by atoms with E-state index in [1.165, 1.54) is 17.5 Å². The van der Waals surface area contributed by atoms with Gasteiger partial charge in [-0.3, -0.25) is 0 Å². The van der Waals surface area contributed by atoms with Gasteiger partial charge in [-0.2, -0.15) is 0 Å². The second-order valence-electron chi connectivity index (χ2n) is 3.80. The van der Waals surface area contributed by atoms with Crippen LogP contribution in [-0.2, 0) is 12.2 Å². The van der Waals surface area contributed by atoms with Crippen LogP contribution in [0.4, 0.5) is 0 Å². The molecule has 1 rings (SSSR count). The van der Waals surface area contributed by atoms with Crippen LogP contribution in [0.25, 0.3) is 0 Å². The van der Waals surface area contributed by atoms with Gasteiger partial charge in [-0.1, -0.05) is 59.7 Å². The Kier molecular flexibility index (Phi) is 5.49. The van der Waals surface area contributed by atoms with Crippen molar-refractivity contribution in [1.29, 1.82) is 0 Å². The van der Waals surface area contributed by atoms with Crippen molar-refractivity contribution in [2.75, 3.05) is 6.26 Å². The fraction of sp³-hybridized carbons (Fsp3) is 0.500. The van der Waals surface area contributed by atoms with Crippen molar-refractivity contribution in [3.05, 3.63) is 35.4 Å². The summed E-state index contributed by atoms with van der Waals surface area (Å²) in [6.45, 7) is 4.55. The summed E-state index contributed by atoms with van der Waals surface area (Å²) in [7, 11) is 3.76. The second kappa shape index (κ2) is 6.41. The standard InChI is InChI=1S/C12H18S2/c1-10(2)8-11-6-4-5-7-12(11)9-14-13-3/h4-7,10H,8-9H2,1-3H3. The fourth-order valence-electron chi connectivity index (χ4n) is 1.46. The highest BCUT2D eigenvalue weighted by Crippen LogP contribution is 2.25. The summed E-state index contributed by atoms with van der Waals surface area (Å²) in [5.41, 5.74) is 3.02. The molecule has 0 amide bonds. The first-order valence-corrected chi connectivity index (χ1v) is 7.69. The number of rotatable bonds is 5. The molecule has 0 heterocycles. The molecule has 0 nitrogen and oxygen atoms in total. The summed E-state index contributed by atoms with van der Waals surface area (Å²) < 4.78 is 0. The summed E-state index contributed by atoms with van der Waals surface area (Å²) in [4.78, 5) is 0. The molecule has 78 valence electrons. The number of hydrogen-bond acceptors (Lipinski definition) is 2. The SMILES string of the molecule is CSSCc1ccccc1CC(C)C. The minimum absolute atomic E-state index is 0.746. The molecule has 0 saturated heterocycles. The number of hydrogen-bond donors (Lipinski definition) is 0. The average Bonchev–Trinajstić information content (AvgIpc) is 2.16. The zero-order chi connectivity index (χ0) is 10.4. The van der Waals surface area contributed by atoms with E-state index in [0.717, 1.165) is 11.7 Å². The topological polar surface area (TPSA) is 0 Å². The largest absolute Gasteiger partial charge is 0.0973 e. The smallest absolute Gasteiger partial charge is 0.0291 e. The van der Waals surface area contributed by atoms with E-state index in [0.29, 0.717) is 0 Å². The summed E-state index contributed by atoms with van der Waals surface area (Å²) in [6.07, 6.45) is 3.33. The van der Waals surface area contributed by atoms with Crippen molar-refractivity contribution in [2.45, 2.75) is 26.0 Å². The molecule has 0 aliphatic rings. The molecule has 0 bridgehead atoms. The molecule has 0 spiro atoms. The molecule has 0 saturated carbocycles. The maximum Gasteiger partial charge on any atom is 0.0291 e. The molecule has 0 unspecified atom stereocenters. The minimum Gasteiger partial charge on any atom is -0.0973 e. The highest BCUT2D eigenvalue weighted by Gasteiger charge is 2.03. The fourth-order valence-corrected chi connectivity index (χ4v) is 2.72.